The summed E-state index contributed by atoms with van der Waals surface area (Å²) in [6.45, 7) is 6.31. The minimum atomic E-state index is -0.976. The first-order valence-corrected chi connectivity index (χ1v) is 6.75. The molecule has 1 heterocycles. The Balaban J connectivity index is 2.10. The predicted octanol–water partition coefficient (Wildman–Crippen LogP) is 2.04. The highest BCUT2D eigenvalue weighted by Gasteiger charge is 2.14. The molecule has 0 radical (unpaired) electrons. The summed E-state index contributed by atoms with van der Waals surface area (Å²) in [4.78, 5) is 26.9. The van der Waals surface area contributed by atoms with Gasteiger partial charge in [0.2, 0.25) is 5.91 Å². The van der Waals surface area contributed by atoms with Crippen LogP contribution in [0, 0.1) is 0 Å². The van der Waals surface area contributed by atoms with Crippen LogP contribution in [0.2, 0.25) is 0 Å². The normalized spacial score (nSPS) is 11.6. The lowest BCUT2D eigenvalue weighted by Crippen LogP contribution is -2.40. The number of benzene rings is 1. The quantitative estimate of drug-likeness (QED) is 0.902. The van der Waals surface area contributed by atoms with Crippen molar-refractivity contribution in [1.29, 1.82) is 0 Å². The van der Waals surface area contributed by atoms with E-state index in [0.29, 0.717) is 18.5 Å². The molecule has 0 aliphatic heterocycles. The van der Waals surface area contributed by atoms with Gasteiger partial charge in [0, 0.05) is 18.5 Å². The van der Waals surface area contributed by atoms with E-state index in [9.17, 15) is 9.59 Å². The number of hydrogen-bond donors (Lipinski definition) is 2. The summed E-state index contributed by atoms with van der Waals surface area (Å²) in [5.41, 5.74) is 1.40. The fourth-order valence-corrected chi connectivity index (χ4v) is 2.08. The molecule has 0 saturated heterocycles. The van der Waals surface area contributed by atoms with Crippen molar-refractivity contribution in [2.45, 2.75) is 39.3 Å². The van der Waals surface area contributed by atoms with Crippen molar-refractivity contribution in [1.82, 2.24) is 14.9 Å². The number of carbonyl (C=O) groups is 2. The fourth-order valence-electron chi connectivity index (χ4n) is 2.08. The molecule has 0 aliphatic carbocycles. The Morgan fingerprint density at radius 1 is 1.33 bits per heavy atom. The zero-order chi connectivity index (χ0) is 15.6. The summed E-state index contributed by atoms with van der Waals surface area (Å²) in [7, 11) is 0. The van der Waals surface area contributed by atoms with Crippen molar-refractivity contribution < 1.29 is 14.7 Å². The van der Waals surface area contributed by atoms with Gasteiger partial charge in [0.05, 0.1) is 22.9 Å². The highest BCUT2D eigenvalue weighted by Crippen LogP contribution is 2.15. The van der Waals surface area contributed by atoms with E-state index in [1.54, 1.807) is 12.4 Å². The molecule has 0 aliphatic rings. The van der Waals surface area contributed by atoms with Gasteiger partial charge in [0.15, 0.2) is 0 Å². The van der Waals surface area contributed by atoms with Gasteiger partial charge in [-0.3, -0.25) is 4.79 Å². The van der Waals surface area contributed by atoms with Crippen LogP contribution in [0.3, 0.4) is 0 Å². The smallest absolute Gasteiger partial charge is 0.335 e. The number of carboxylic acid groups (broad SMARTS) is 1. The molecule has 0 fully saturated rings. The Morgan fingerprint density at radius 2 is 2.05 bits per heavy atom. The van der Waals surface area contributed by atoms with Crippen LogP contribution in [-0.2, 0) is 11.3 Å². The second-order valence-corrected chi connectivity index (χ2v) is 5.99. The maximum atomic E-state index is 11.8. The lowest BCUT2D eigenvalue weighted by molar-refractivity contribution is -0.122. The summed E-state index contributed by atoms with van der Waals surface area (Å²) in [6, 6.07) is 4.79. The van der Waals surface area contributed by atoms with Crippen molar-refractivity contribution in [2.75, 3.05) is 0 Å². The lowest BCUT2D eigenvalue weighted by atomic mass is 10.1. The number of amides is 1. The van der Waals surface area contributed by atoms with Crippen LogP contribution in [0.4, 0.5) is 0 Å². The van der Waals surface area contributed by atoms with Crippen molar-refractivity contribution >= 4 is 22.9 Å². The first-order valence-electron chi connectivity index (χ1n) is 6.75. The number of carbonyl (C=O) groups excluding carboxylic acids is 1. The first kappa shape index (κ1) is 15.0. The maximum absolute atomic E-state index is 11.8. The minimum absolute atomic E-state index is 0.0218. The number of aromatic carboxylic acids is 1. The second kappa shape index (κ2) is 5.55. The highest BCUT2D eigenvalue weighted by molar-refractivity contribution is 5.92. The van der Waals surface area contributed by atoms with Gasteiger partial charge >= 0.3 is 5.97 Å². The summed E-state index contributed by atoms with van der Waals surface area (Å²) >= 11 is 0. The predicted molar refractivity (Wildman–Crippen MR) is 79.2 cm³/mol. The first-order chi connectivity index (χ1) is 9.76. The average molecular weight is 289 g/mol. The van der Waals surface area contributed by atoms with E-state index in [-0.39, 0.29) is 17.0 Å². The molecule has 0 atom stereocenters. The number of imidazole rings is 1. The lowest BCUT2D eigenvalue weighted by Gasteiger charge is -2.20. The van der Waals surface area contributed by atoms with Crippen molar-refractivity contribution in [3.8, 4) is 0 Å². The molecule has 1 aromatic carbocycles. The molecular formula is C15H19N3O3. The van der Waals surface area contributed by atoms with E-state index < -0.39 is 5.97 Å². The van der Waals surface area contributed by atoms with Gasteiger partial charge in [-0.05, 0) is 39.0 Å². The van der Waals surface area contributed by atoms with E-state index in [1.165, 1.54) is 12.1 Å². The molecule has 2 aromatic rings. The van der Waals surface area contributed by atoms with Gasteiger partial charge in [-0.15, -0.1) is 0 Å². The summed E-state index contributed by atoms with van der Waals surface area (Å²) < 4.78 is 1.85. The molecule has 6 heteroatoms. The molecule has 1 aromatic heterocycles. The number of aromatic nitrogens is 2. The topological polar surface area (TPSA) is 84.2 Å². The summed E-state index contributed by atoms with van der Waals surface area (Å²) in [5.74, 6) is -0.998. The van der Waals surface area contributed by atoms with Gasteiger partial charge in [-0.1, -0.05) is 0 Å². The van der Waals surface area contributed by atoms with Crippen LogP contribution in [0.15, 0.2) is 24.5 Å². The number of rotatable bonds is 4. The number of carboxylic acids is 1. The van der Waals surface area contributed by atoms with Gasteiger partial charge < -0.3 is 15.0 Å². The highest BCUT2D eigenvalue weighted by atomic mass is 16.4. The van der Waals surface area contributed by atoms with Gasteiger partial charge in [-0.2, -0.15) is 0 Å². The average Bonchev–Trinajstić information content (AvgIpc) is 2.76. The SMILES string of the molecule is CC(C)(C)NC(=O)CCn1cnc2cc(C(=O)O)ccc21. The monoisotopic (exact) mass is 289 g/mol. The van der Waals surface area contributed by atoms with E-state index in [4.69, 9.17) is 5.11 Å². The number of hydrogen-bond acceptors (Lipinski definition) is 3. The maximum Gasteiger partial charge on any atom is 0.335 e. The second-order valence-electron chi connectivity index (χ2n) is 5.99. The van der Waals surface area contributed by atoms with Crippen LogP contribution in [0.5, 0.6) is 0 Å². The summed E-state index contributed by atoms with van der Waals surface area (Å²) in [6.07, 6.45) is 1.98. The molecule has 0 unspecified atom stereocenters. The van der Waals surface area contributed by atoms with Crippen LogP contribution in [-0.4, -0.2) is 32.1 Å². The van der Waals surface area contributed by atoms with Crippen LogP contribution in [0.1, 0.15) is 37.6 Å². The Morgan fingerprint density at radius 3 is 2.67 bits per heavy atom. The summed E-state index contributed by atoms with van der Waals surface area (Å²) in [5, 5.41) is 11.9. The van der Waals surface area contributed by atoms with E-state index in [1.807, 2.05) is 25.3 Å². The Kier molecular flexibility index (Phi) is 3.97. The van der Waals surface area contributed by atoms with Crippen molar-refractivity contribution in [3.63, 3.8) is 0 Å². The molecule has 0 spiro atoms. The van der Waals surface area contributed by atoms with E-state index >= 15 is 0 Å². The van der Waals surface area contributed by atoms with E-state index in [2.05, 4.69) is 10.3 Å². The standard InChI is InChI=1S/C15H19N3O3/c1-15(2,3)17-13(19)6-7-18-9-16-11-8-10(14(20)21)4-5-12(11)18/h4-5,8-9H,6-7H2,1-3H3,(H,17,19)(H,20,21). The zero-order valence-corrected chi connectivity index (χ0v) is 12.4. The Labute approximate surface area is 122 Å². The number of nitrogens with zero attached hydrogens (tertiary/aromatic N) is 2. The molecular weight excluding hydrogens is 270 g/mol. The van der Waals surface area contributed by atoms with Crippen LogP contribution < -0.4 is 5.32 Å². The van der Waals surface area contributed by atoms with Gasteiger partial charge in [0.25, 0.3) is 0 Å². The molecule has 112 valence electrons. The molecule has 2 N–H and O–H groups in total. The largest absolute Gasteiger partial charge is 0.478 e. The molecule has 0 saturated carbocycles. The number of aryl methyl sites for hydroxylation is 1. The third-order valence-electron chi connectivity index (χ3n) is 2.96. The third-order valence-corrected chi connectivity index (χ3v) is 2.96. The minimum Gasteiger partial charge on any atom is -0.478 e. The van der Waals surface area contributed by atoms with Crippen LogP contribution >= 0.6 is 0 Å². The zero-order valence-electron chi connectivity index (χ0n) is 12.4. The Bertz CT molecular complexity index is 683. The molecule has 21 heavy (non-hydrogen) atoms. The van der Waals surface area contributed by atoms with Gasteiger partial charge in [0.1, 0.15) is 0 Å². The van der Waals surface area contributed by atoms with Crippen LogP contribution in [0.25, 0.3) is 11.0 Å². The fraction of sp³-hybridized carbons (Fsp3) is 0.400. The molecule has 0 bridgehead atoms. The van der Waals surface area contributed by atoms with Gasteiger partial charge in [-0.25, -0.2) is 9.78 Å². The molecule has 2 rings (SSSR count). The Hall–Kier alpha value is -2.37. The molecule has 1 amide bonds. The third kappa shape index (κ3) is 3.81. The number of fused-ring (bicyclic) bond motifs is 1. The van der Waals surface area contributed by atoms with Crippen molar-refractivity contribution in [3.05, 3.63) is 30.1 Å². The number of nitrogens with one attached hydrogen (secondary N) is 1. The van der Waals surface area contributed by atoms with E-state index in [0.717, 1.165) is 5.52 Å². The molecule has 6 nitrogen and oxygen atoms in total. The van der Waals surface area contributed by atoms with Crippen molar-refractivity contribution in [2.24, 2.45) is 0 Å².